The topological polar surface area (TPSA) is 38.3 Å². The van der Waals surface area contributed by atoms with Crippen LogP contribution in [0.25, 0.3) is 0 Å². The second-order valence-electron chi connectivity index (χ2n) is 3.27. The normalized spacial score (nSPS) is 23.2. The number of piperidine rings is 1. The molecule has 1 saturated heterocycles. The number of hydrogen-bond acceptors (Lipinski definition) is 3. The Labute approximate surface area is 79.6 Å². The van der Waals surface area contributed by atoms with Gasteiger partial charge >= 0.3 is 12.1 Å². The van der Waals surface area contributed by atoms with E-state index in [2.05, 4.69) is 10.1 Å². The quantitative estimate of drug-likeness (QED) is 0.695. The molecular formula is C8H12F3NO2. The van der Waals surface area contributed by atoms with E-state index < -0.39 is 24.7 Å². The standard InChI is InChI=1S/C8H12F3NO2/c9-8(10,11)5-14-7(13)6-2-1-3-12-4-6/h6,12H,1-5H2. The van der Waals surface area contributed by atoms with Crippen LogP contribution in [-0.2, 0) is 9.53 Å². The molecule has 6 heteroatoms. The fraction of sp³-hybridized carbons (Fsp3) is 0.875. The van der Waals surface area contributed by atoms with Crippen molar-refractivity contribution in [3.8, 4) is 0 Å². The zero-order valence-electron chi connectivity index (χ0n) is 7.56. The number of alkyl halides is 3. The van der Waals surface area contributed by atoms with E-state index >= 15 is 0 Å². The summed E-state index contributed by atoms with van der Waals surface area (Å²) in [6.45, 7) is -0.262. The van der Waals surface area contributed by atoms with Gasteiger partial charge in [0.1, 0.15) is 0 Å². The number of hydrogen-bond donors (Lipinski definition) is 1. The summed E-state index contributed by atoms with van der Waals surface area (Å²) in [6, 6.07) is 0. The zero-order chi connectivity index (χ0) is 10.6. The Morgan fingerprint density at radius 2 is 2.21 bits per heavy atom. The van der Waals surface area contributed by atoms with E-state index in [9.17, 15) is 18.0 Å². The molecule has 0 saturated carbocycles. The molecule has 1 aliphatic rings. The minimum Gasteiger partial charge on any atom is -0.456 e. The van der Waals surface area contributed by atoms with Crippen molar-refractivity contribution < 1.29 is 22.7 Å². The highest BCUT2D eigenvalue weighted by atomic mass is 19.4. The smallest absolute Gasteiger partial charge is 0.422 e. The van der Waals surface area contributed by atoms with Crippen molar-refractivity contribution >= 4 is 5.97 Å². The number of carbonyl (C=O) groups excluding carboxylic acids is 1. The van der Waals surface area contributed by atoms with Crippen LogP contribution in [0.2, 0.25) is 0 Å². The largest absolute Gasteiger partial charge is 0.456 e. The summed E-state index contributed by atoms with van der Waals surface area (Å²) < 4.78 is 39.2. The first-order chi connectivity index (χ1) is 6.49. The second-order valence-corrected chi connectivity index (χ2v) is 3.27. The first-order valence-corrected chi connectivity index (χ1v) is 4.43. The lowest BCUT2D eigenvalue weighted by Gasteiger charge is -2.21. The number of nitrogens with one attached hydrogen (secondary N) is 1. The predicted octanol–water partition coefficient (Wildman–Crippen LogP) is 1.09. The van der Waals surface area contributed by atoms with Crippen molar-refractivity contribution in [2.75, 3.05) is 19.7 Å². The van der Waals surface area contributed by atoms with E-state index in [1.165, 1.54) is 0 Å². The zero-order valence-corrected chi connectivity index (χ0v) is 7.56. The van der Waals surface area contributed by atoms with Gasteiger partial charge in [0.25, 0.3) is 0 Å². The monoisotopic (exact) mass is 211 g/mol. The fourth-order valence-electron chi connectivity index (χ4n) is 1.32. The fourth-order valence-corrected chi connectivity index (χ4v) is 1.32. The Bertz CT molecular complexity index is 199. The molecule has 1 rings (SSSR count). The summed E-state index contributed by atoms with van der Waals surface area (Å²) in [5.41, 5.74) is 0. The molecule has 0 amide bonds. The average molecular weight is 211 g/mol. The Kier molecular flexibility index (Phi) is 3.74. The highest BCUT2D eigenvalue weighted by molar-refractivity contribution is 5.72. The number of esters is 1. The molecule has 1 atom stereocenters. The van der Waals surface area contributed by atoms with Gasteiger partial charge < -0.3 is 10.1 Å². The molecule has 1 N–H and O–H groups in total. The minimum atomic E-state index is -4.43. The lowest BCUT2D eigenvalue weighted by molar-refractivity contribution is -0.189. The van der Waals surface area contributed by atoms with Crippen LogP contribution in [0.15, 0.2) is 0 Å². The first-order valence-electron chi connectivity index (χ1n) is 4.43. The third kappa shape index (κ3) is 3.95. The Morgan fingerprint density at radius 3 is 2.71 bits per heavy atom. The molecule has 1 heterocycles. The number of rotatable bonds is 2. The molecule has 0 spiro atoms. The number of halogens is 3. The highest BCUT2D eigenvalue weighted by Crippen LogP contribution is 2.17. The van der Waals surface area contributed by atoms with E-state index in [-0.39, 0.29) is 0 Å². The van der Waals surface area contributed by atoms with Crippen molar-refractivity contribution in [2.45, 2.75) is 19.0 Å². The summed E-state index contributed by atoms with van der Waals surface area (Å²) in [5, 5.41) is 2.93. The predicted molar refractivity (Wildman–Crippen MR) is 42.6 cm³/mol. The molecule has 1 fully saturated rings. The molecule has 0 aromatic carbocycles. The summed E-state index contributed by atoms with van der Waals surface area (Å²) >= 11 is 0. The van der Waals surface area contributed by atoms with Crippen LogP contribution in [0.4, 0.5) is 13.2 Å². The summed E-state index contributed by atoms with van der Waals surface area (Å²) in [5.74, 6) is -1.18. The van der Waals surface area contributed by atoms with Gasteiger partial charge in [-0.05, 0) is 19.4 Å². The molecule has 1 aliphatic heterocycles. The number of ether oxygens (including phenoxy) is 1. The summed E-state index contributed by atoms with van der Waals surface area (Å²) in [4.78, 5) is 11.1. The molecular weight excluding hydrogens is 199 g/mol. The van der Waals surface area contributed by atoms with Gasteiger partial charge in [-0.1, -0.05) is 0 Å². The molecule has 0 aromatic rings. The Hall–Kier alpha value is -0.780. The average Bonchev–Trinajstić information content (AvgIpc) is 2.14. The highest BCUT2D eigenvalue weighted by Gasteiger charge is 2.31. The molecule has 3 nitrogen and oxygen atoms in total. The van der Waals surface area contributed by atoms with E-state index in [0.29, 0.717) is 13.0 Å². The SMILES string of the molecule is O=C(OCC(F)(F)F)C1CCCNC1. The van der Waals surface area contributed by atoms with Gasteiger partial charge in [0, 0.05) is 6.54 Å². The van der Waals surface area contributed by atoms with Gasteiger partial charge in [0.05, 0.1) is 5.92 Å². The van der Waals surface area contributed by atoms with Crippen LogP contribution in [-0.4, -0.2) is 31.8 Å². The van der Waals surface area contributed by atoms with Crippen LogP contribution >= 0.6 is 0 Å². The van der Waals surface area contributed by atoms with E-state index in [1.807, 2.05) is 0 Å². The molecule has 0 aliphatic carbocycles. The molecule has 0 bridgehead atoms. The van der Waals surface area contributed by atoms with Crippen LogP contribution in [0.3, 0.4) is 0 Å². The van der Waals surface area contributed by atoms with Gasteiger partial charge in [-0.3, -0.25) is 4.79 Å². The van der Waals surface area contributed by atoms with Crippen LogP contribution in [0, 0.1) is 5.92 Å². The van der Waals surface area contributed by atoms with Crippen LogP contribution in [0.5, 0.6) is 0 Å². The second kappa shape index (κ2) is 4.63. The van der Waals surface area contributed by atoms with Gasteiger partial charge in [0.2, 0.25) is 0 Å². The van der Waals surface area contributed by atoms with Crippen molar-refractivity contribution in [1.82, 2.24) is 5.32 Å². The van der Waals surface area contributed by atoms with Crippen LogP contribution < -0.4 is 5.32 Å². The van der Waals surface area contributed by atoms with Gasteiger partial charge in [-0.25, -0.2) is 0 Å². The summed E-state index contributed by atoms with van der Waals surface area (Å²) in [7, 11) is 0. The number of carbonyl (C=O) groups is 1. The maximum atomic E-state index is 11.7. The third-order valence-electron chi connectivity index (χ3n) is 2.01. The van der Waals surface area contributed by atoms with Crippen molar-refractivity contribution in [3.05, 3.63) is 0 Å². The van der Waals surface area contributed by atoms with Gasteiger partial charge in [-0.2, -0.15) is 13.2 Å². The molecule has 0 radical (unpaired) electrons. The van der Waals surface area contributed by atoms with Crippen molar-refractivity contribution in [2.24, 2.45) is 5.92 Å². The van der Waals surface area contributed by atoms with E-state index in [4.69, 9.17) is 0 Å². The van der Waals surface area contributed by atoms with Gasteiger partial charge in [0.15, 0.2) is 6.61 Å². The Morgan fingerprint density at radius 1 is 1.50 bits per heavy atom. The molecule has 0 aromatic heterocycles. The minimum absolute atomic E-state index is 0.413. The maximum Gasteiger partial charge on any atom is 0.422 e. The van der Waals surface area contributed by atoms with Crippen molar-refractivity contribution in [3.63, 3.8) is 0 Å². The lowest BCUT2D eigenvalue weighted by Crippen LogP contribution is -2.36. The molecule has 1 unspecified atom stereocenters. The molecule has 14 heavy (non-hydrogen) atoms. The first kappa shape index (κ1) is 11.3. The third-order valence-corrected chi connectivity index (χ3v) is 2.01. The molecule has 82 valence electrons. The Balaban J connectivity index is 2.27. The summed E-state index contributed by atoms with van der Waals surface area (Å²) in [6.07, 6.45) is -3.03. The van der Waals surface area contributed by atoms with Crippen molar-refractivity contribution in [1.29, 1.82) is 0 Å². The maximum absolute atomic E-state index is 11.7. The van der Waals surface area contributed by atoms with Crippen LogP contribution in [0.1, 0.15) is 12.8 Å². The van der Waals surface area contributed by atoms with Gasteiger partial charge in [-0.15, -0.1) is 0 Å². The van der Waals surface area contributed by atoms with E-state index in [1.54, 1.807) is 0 Å². The lowest BCUT2D eigenvalue weighted by atomic mass is 10.0. The van der Waals surface area contributed by atoms with E-state index in [0.717, 1.165) is 13.0 Å².